The molecule has 29 heavy (non-hydrogen) atoms. The molecule has 154 valence electrons. The highest BCUT2D eigenvalue weighted by molar-refractivity contribution is 9.10. The lowest BCUT2D eigenvalue weighted by Gasteiger charge is -2.31. The van der Waals surface area contributed by atoms with Gasteiger partial charge in [-0.05, 0) is 61.9 Å². The highest BCUT2D eigenvalue weighted by atomic mass is 79.9. The van der Waals surface area contributed by atoms with Crippen LogP contribution in [0.25, 0.3) is 0 Å². The summed E-state index contributed by atoms with van der Waals surface area (Å²) < 4.78 is 29.5. The Morgan fingerprint density at radius 1 is 1.03 bits per heavy atom. The fourth-order valence-corrected chi connectivity index (χ4v) is 5.67. The maximum atomic E-state index is 13.4. The first-order valence-corrected chi connectivity index (χ1v) is 12.1. The van der Waals surface area contributed by atoms with Crippen LogP contribution in [-0.2, 0) is 19.6 Å². The Morgan fingerprint density at radius 3 is 2.07 bits per heavy atom. The van der Waals surface area contributed by atoms with Gasteiger partial charge in [0.1, 0.15) is 6.04 Å². The van der Waals surface area contributed by atoms with Gasteiger partial charge >= 0.3 is 0 Å². The van der Waals surface area contributed by atoms with E-state index in [-0.39, 0.29) is 11.3 Å². The number of imide groups is 1. The number of hydrogen-bond donors (Lipinski definition) is 0. The van der Waals surface area contributed by atoms with Crippen molar-refractivity contribution in [2.45, 2.75) is 43.7 Å². The first kappa shape index (κ1) is 22.1. The number of hydrogen-bond acceptors (Lipinski definition) is 4. The van der Waals surface area contributed by atoms with E-state index in [1.807, 2.05) is 6.92 Å². The van der Waals surface area contributed by atoms with Crippen LogP contribution in [0.2, 0.25) is 0 Å². The summed E-state index contributed by atoms with van der Waals surface area (Å²) in [7, 11) is -3.98. The van der Waals surface area contributed by atoms with Crippen LogP contribution in [0.3, 0.4) is 0 Å². The van der Waals surface area contributed by atoms with Crippen molar-refractivity contribution in [2.75, 3.05) is 4.90 Å². The third-order valence-corrected chi connectivity index (χ3v) is 8.02. The highest BCUT2D eigenvalue weighted by Gasteiger charge is 2.48. The smallest absolute Gasteiger partial charge is 0.252 e. The summed E-state index contributed by atoms with van der Waals surface area (Å²) in [6.45, 7) is 3.60. The lowest BCUT2D eigenvalue weighted by Crippen LogP contribution is -2.49. The molecule has 9 heteroatoms. The molecule has 0 bridgehead atoms. The molecule has 1 saturated heterocycles. The van der Waals surface area contributed by atoms with E-state index >= 15 is 0 Å². The largest absolute Gasteiger partial charge is 0.274 e. The highest BCUT2D eigenvalue weighted by Crippen LogP contribution is 2.32. The summed E-state index contributed by atoms with van der Waals surface area (Å²) in [5, 5.41) is 0. The Morgan fingerprint density at radius 2 is 1.55 bits per heavy atom. The number of carbonyl (C=O) groups excluding carboxylic acids is 2. The fraction of sp³-hybridized carbons (Fsp3) is 0.300. The Labute approximate surface area is 187 Å². The zero-order chi connectivity index (χ0) is 21.3. The number of carbonyl (C=O) groups is 2. The van der Waals surface area contributed by atoms with Gasteiger partial charge in [-0.3, -0.25) is 9.59 Å². The molecule has 2 amide bonds. The molecule has 6 nitrogen and oxygen atoms in total. The van der Waals surface area contributed by atoms with Crippen molar-refractivity contribution in [3.63, 3.8) is 0 Å². The molecule has 0 aromatic heterocycles. The second kappa shape index (κ2) is 8.67. The van der Waals surface area contributed by atoms with Gasteiger partial charge in [0, 0.05) is 15.0 Å². The molecule has 2 atom stereocenters. The molecule has 2 aromatic rings. The number of sulfonamides is 1. The van der Waals surface area contributed by atoms with E-state index < -0.39 is 33.9 Å². The van der Waals surface area contributed by atoms with Crippen LogP contribution in [0.1, 0.15) is 26.7 Å². The number of rotatable bonds is 6. The third-order valence-electron chi connectivity index (χ3n) is 4.93. The molecule has 0 spiro atoms. The van der Waals surface area contributed by atoms with Crippen molar-refractivity contribution in [2.24, 2.45) is 0 Å². The van der Waals surface area contributed by atoms with Gasteiger partial charge in [0.2, 0.25) is 15.9 Å². The number of anilines is 1. The van der Waals surface area contributed by atoms with Gasteiger partial charge in [0.05, 0.1) is 17.0 Å². The minimum Gasteiger partial charge on any atom is -0.274 e. The Hall–Kier alpha value is -1.55. The minimum absolute atomic E-state index is 0.0864. The zero-order valence-electron chi connectivity index (χ0n) is 15.9. The van der Waals surface area contributed by atoms with Crippen LogP contribution in [0, 0.1) is 0 Å². The van der Waals surface area contributed by atoms with Gasteiger partial charge in [0.25, 0.3) is 5.91 Å². The Bertz CT molecular complexity index is 1020. The lowest BCUT2D eigenvalue weighted by atomic mass is 10.2. The lowest BCUT2D eigenvalue weighted by molar-refractivity contribution is -0.122. The summed E-state index contributed by atoms with van der Waals surface area (Å²) in [5.74, 6) is -0.944. The molecule has 2 aromatic carbocycles. The summed E-state index contributed by atoms with van der Waals surface area (Å²) in [5.41, 5.74) is 0.427. The molecule has 3 rings (SSSR count). The van der Waals surface area contributed by atoms with E-state index in [0.29, 0.717) is 12.1 Å². The van der Waals surface area contributed by atoms with Crippen molar-refractivity contribution in [3.8, 4) is 0 Å². The predicted molar refractivity (Wildman–Crippen MR) is 118 cm³/mol. The van der Waals surface area contributed by atoms with E-state index in [2.05, 4.69) is 31.9 Å². The number of amides is 2. The number of halogens is 2. The molecule has 1 aliphatic heterocycles. The van der Waals surface area contributed by atoms with E-state index in [1.165, 1.54) is 16.4 Å². The normalized spacial score (nSPS) is 18.5. The maximum Gasteiger partial charge on any atom is 0.252 e. The second-order valence-electron chi connectivity index (χ2n) is 6.81. The molecule has 1 heterocycles. The van der Waals surface area contributed by atoms with Crippen LogP contribution >= 0.6 is 31.9 Å². The molecule has 0 saturated carbocycles. The van der Waals surface area contributed by atoms with Gasteiger partial charge in [-0.25, -0.2) is 13.3 Å². The summed E-state index contributed by atoms with van der Waals surface area (Å²) in [6.07, 6.45) is 0.320. The van der Waals surface area contributed by atoms with Crippen LogP contribution in [0.5, 0.6) is 0 Å². The molecule has 1 fully saturated rings. The topological polar surface area (TPSA) is 74.8 Å². The van der Waals surface area contributed by atoms with E-state index in [1.54, 1.807) is 43.3 Å². The fourth-order valence-electron chi connectivity index (χ4n) is 3.30. The second-order valence-corrected chi connectivity index (χ2v) is 10.5. The quantitative estimate of drug-likeness (QED) is 0.508. The van der Waals surface area contributed by atoms with Crippen molar-refractivity contribution in [1.82, 2.24) is 4.31 Å². The van der Waals surface area contributed by atoms with Crippen molar-refractivity contribution in [3.05, 3.63) is 57.5 Å². The van der Waals surface area contributed by atoms with Gasteiger partial charge in [-0.2, -0.15) is 4.31 Å². The van der Waals surface area contributed by atoms with Gasteiger partial charge in [-0.15, -0.1) is 0 Å². The minimum atomic E-state index is -3.98. The van der Waals surface area contributed by atoms with E-state index in [4.69, 9.17) is 0 Å². The first-order chi connectivity index (χ1) is 13.7. The summed E-state index contributed by atoms with van der Waals surface area (Å²) in [4.78, 5) is 27.0. The van der Waals surface area contributed by atoms with E-state index in [0.717, 1.165) is 13.8 Å². The SMILES string of the molecule is CCC(C)N(C1CC(=O)N(c2ccc(Br)cc2)C1=O)S(=O)(=O)c1ccc(Br)cc1. The van der Waals surface area contributed by atoms with Crippen LogP contribution in [0.4, 0.5) is 5.69 Å². The third kappa shape index (κ3) is 4.33. The Kier molecular flexibility index (Phi) is 6.62. The predicted octanol–water partition coefficient (Wildman–Crippen LogP) is 4.33. The monoisotopic (exact) mass is 542 g/mol. The standard InChI is InChI=1S/C20H20Br2N2O4S/c1-3-13(2)24(29(27,28)17-10-6-15(22)7-11-17)18-12-19(25)23(20(18)26)16-8-4-14(21)5-9-16/h4-11,13,18H,3,12H2,1-2H3. The number of benzene rings is 2. The average Bonchev–Trinajstić information content (AvgIpc) is 2.96. The molecule has 2 unspecified atom stereocenters. The van der Waals surface area contributed by atoms with Crippen LogP contribution in [-0.4, -0.2) is 36.6 Å². The van der Waals surface area contributed by atoms with Crippen molar-refractivity contribution >= 4 is 59.4 Å². The van der Waals surface area contributed by atoms with Gasteiger partial charge in [-0.1, -0.05) is 38.8 Å². The first-order valence-electron chi connectivity index (χ1n) is 9.08. The molecule has 0 N–H and O–H groups in total. The Balaban J connectivity index is 2.01. The summed E-state index contributed by atoms with van der Waals surface area (Å²) in [6, 6.07) is 11.5. The molecule has 0 aliphatic carbocycles. The summed E-state index contributed by atoms with van der Waals surface area (Å²) >= 11 is 6.62. The van der Waals surface area contributed by atoms with Crippen molar-refractivity contribution in [1.29, 1.82) is 0 Å². The maximum absolute atomic E-state index is 13.4. The number of nitrogens with zero attached hydrogens (tertiary/aromatic N) is 2. The van der Waals surface area contributed by atoms with Crippen LogP contribution < -0.4 is 4.90 Å². The molecular formula is C20H20Br2N2O4S. The zero-order valence-corrected chi connectivity index (χ0v) is 19.9. The van der Waals surface area contributed by atoms with Gasteiger partial charge < -0.3 is 0 Å². The van der Waals surface area contributed by atoms with E-state index in [9.17, 15) is 18.0 Å². The molecular weight excluding hydrogens is 524 g/mol. The van der Waals surface area contributed by atoms with Crippen LogP contribution in [0.15, 0.2) is 62.4 Å². The van der Waals surface area contributed by atoms with Crippen molar-refractivity contribution < 1.29 is 18.0 Å². The van der Waals surface area contributed by atoms with Gasteiger partial charge in [0.15, 0.2) is 0 Å². The average molecular weight is 544 g/mol. The molecule has 0 radical (unpaired) electrons. The molecule has 1 aliphatic rings.